The van der Waals surface area contributed by atoms with Crippen LogP contribution in [0, 0.1) is 6.92 Å². The van der Waals surface area contributed by atoms with Gasteiger partial charge >= 0.3 is 0 Å². The molecule has 0 bridgehead atoms. The third-order valence-electron chi connectivity index (χ3n) is 4.70. The standard InChI is InChI=1S/C18H27N3O2.ClH/c1-14-6-5-7-15(10-14)18(8-3-2-4-9-18)13-21-17(23)12-20-16(22)11-19;/h5-7,10H,2-4,8-9,11-13,19H2,1H3,(H,20,22)(H,21,23);1H. The first-order chi connectivity index (χ1) is 11.1. The van der Waals surface area contributed by atoms with Gasteiger partial charge in [0.2, 0.25) is 11.8 Å². The lowest BCUT2D eigenvalue weighted by molar-refractivity contribution is -0.125. The van der Waals surface area contributed by atoms with E-state index in [4.69, 9.17) is 5.73 Å². The predicted molar refractivity (Wildman–Crippen MR) is 98.3 cm³/mol. The molecule has 0 saturated heterocycles. The predicted octanol–water partition coefficient (Wildman–Crippen LogP) is 1.81. The van der Waals surface area contributed by atoms with Gasteiger partial charge in [-0.3, -0.25) is 9.59 Å². The van der Waals surface area contributed by atoms with E-state index in [9.17, 15) is 9.59 Å². The van der Waals surface area contributed by atoms with Crippen molar-refractivity contribution in [3.8, 4) is 0 Å². The van der Waals surface area contributed by atoms with Crippen molar-refractivity contribution in [3.63, 3.8) is 0 Å². The van der Waals surface area contributed by atoms with E-state index < -0.39 is 0 Å². The highest BCUT2D eigenvalue weighted by Crippen LogP contribution is 2.39. The molecule has 6 heteroatoms. The van der Waals surface area contributed by atoms with Gasteiger partial charge in [0.15, 0.2) is 0 Å². The summed E-state index contributed by atoms with van der Waals surface area (Å²) < 4.78 is 0. The molecule has 4 N–H and O–H groups in total. The van der Waals surface area contributed by atoms with Crippen molar-refractivity contribution >= 4 is 24.2 Å². The molecule has 0 aliphatic heterocycles. The van der Waals surface area contributed by atoms with Crippen LogP contribution in [0.3, 0.4) is 0 Å². The van der Waals surface area contributed by atoms with Gasteiger partial charge in [-0.2, -0.15) is 0 Å². The molecule has 2 rings (SSSR count). The minimum atomic E-state index is -0.314. The highest BCUT2D eigenvalue weighted by atomic mass is 35.5. The van der Waals surface area contributed by atoms with Crippen LogP contribution in [0.15, 0.2) is 24.3 Å². The van der Waals surface area contributed by atoms with Crippen molar-refractivity contribution in [2.45, 2.75) is 44.4 Å². The Morgan fingerprint density at radius 1 is 1.12 bits per heavy atom. The van der Waals surface area contributed by atoms with Crippen molar-refractivity contribution in [3.05, 3.63) is 35.4 Å². The molecule has 1 aliphatic carbocycles. The van der Waals surface area contributed by atoms with Gasteiger partial charge in [-0.15, -0.1) is 12.4 Å². The van der Waals surface area contributed by atoms with Crippen LogP contribution in [0.4, 0.5) is 0 Å². The summed E-state index contributed by atoms with van der Waals surface area (Å²) in [6.07, 6.45) is 5.81. The Labute approximate surface area is 150 Å². The lowest BCUT2D eigenvalue weighted by Crippen LogP contribution is -2.46. The summed E-state index contributed by atoms with van der Waals surface area (Å²) in [5.74, 6) is -0.476. The van der Waals surface area contributed by atoms with E-state index in [1.165, 1.54) is 30.4 Å². The van der Waals surface area contributed by atoms with Crippen molar-refractivity contribution in [2.24, 2.45) is 5.73 Å². The smallest absolute Gasteiger partial charge is 0.239 e. The number of nitrogens with two attached hydrogens (primary N) is 1. The first-order valence-corrected chi connectivity index (χ1v) is 8.36. The zero-order chi connectivity index (χ0) is 16.7. The number of hydrogen-bond donors (Lipinski definition) is 3. The third-order valence-corrected chi connectivity index (χ3v) is 4.70. The minimum Gasteiger partial charge on any atom is -0.354 e. The van der Waals surface area contributed by atoms with E-state index >= 15 is 0 Å². The zero-order valence-corrected chi connectivity index (χ0v) is 15.1. The van der Waals surface area contributed by atoms with Gasteiger partial charge in [-0.25, -0.2) is 0 Å². The molecule has 0 heterocycles. The monoisotopic (exact) mass is 353 g/mol. The highest BCUT2D eigenvalue weighted by molar-refractivity contribution is 5.85. The third kappa shape index (κ3) is 5.49. The van der Waals surface area contributed by atoms with Crippen LogP contribution in [0.1, 0.15) is 43.2 Å². The molecule has 1 aromatic carbocycles. The molecule has 1 saturated carbocycles. The van der Waals surface area contributed by atoms with Crippen LogP contribution in [-0.2, 0) is 15.0 Å². The van der Waals surface area contributed by atoms with E-state index in [2.05, 4.69) is 41.8 Å². The topological polar surface area (TPSA) is 84.2 Å². The summed E-state index contributed by atoms with van der Waals surface area (Å²) in [4.78, 5) is 23.1. The normalized spacial score (nSPS) is 15.9. The van der Waals surface area contributed by atoms with Crippen LogP contribution >= 0.6 is 12.4 Å². The zero-order valence-electron chi connectivity index (χ0n) is 14.3. The van der Waals surface area contributed by atoms with Crippen LogP contribution in [-0.4, -0.2) is 31.4 Å². The van der Waals surface area contributed by atoms with Crippen molar-refractivity contribution in [2.75, 3.05) is 19.6 Å². The lowest BCUT2D eigenvalue weighted by Gasteiger charge is -2.38. The Balaban J connectivity index is 0.00000288. The molecule has 1 fully saturated rings. The second kappa shape index (κ2) is 9.64. The Bertz CT molecular complexity index is 557. The Hall–Kier alpha value is -1.59. The SMILES string of the molecule is Cc1cccc(C2(CNC(=O)CNC(=O)CN)CCCCC2)c1.Cl. The Kier molecular flexibility index (Phi) is 8.22. The molecular formula is C18H28ClN3O2. The van der Waals surface area contributed by atoms with Gasteiger partial charge in [0.1, 0.15) is 0 Å². The van der Waals surface area contributed by atoms with Gasteiger partial charge in [0, 0.05) is 12.0 Å². The number of benzene rings is 1. The Morgan fingerprint density at radius 3 is 2.46 bits per heavy atom. The summed E-state index contributed by atoms with van der Waals surface area (Å²) in [6.45, 7) is 2.61. The van der Waals surface area contributed by atoms with Crippen molar-refractivity contribution in [1.29, 1.82) is 0 Å². The molecular weight excluding hydrogens is 326 g/mol. The van der Waals surface area contributed by atoms with Crippen LogP contribution < -0.4 is 16.4 Å². The molecule has 5 nitrogen and oxygen atoms in total. The number of carbonyl (C=O) groups is 2. The maximum Gasteiger partial charge on any atom is 0.239 e. The van der Waals surface area contributed by atoms with Crippen LogP contribution in [0.2, 0.25) is 0 Å². The second-order valence-electron chi connectivity index (χ2n) is 6.47. The van der Waals surface area contributed by atoms with E-state index in [1.807, 2.05) is 0 Å². The summed E-state index contributed by atoms with van der Waals surface area (Å²) in [5, 5.41) is 5.50. The maximum atomic E-state index is 12.0. The summed E-state index contributed by atoms with van der Waals surface area (Å²) in [5.41, 5.74) is 7.78. The highest BCUT2D eigenvalue weighted by Gasteiger charge is 2.34. The summed E-state index contributed by atoms with van der Waals surface area (Å²) >= 11 is 0. The first kappa shape index (κ1) is 20.5. The molecule has 0 aromatic heterocycles. The average Bonchev–Trinajstić information content (AvgIpc) is 2.58. The molecule has 134 valence electrons. The van der Waals surface area contributed by atoms with Gasteiger partial charge < -0.3 is 16.4 Å². The number of nitrogens with one attached hydrogen (secondary N) is 2. The number of halogens is 1. The van der Waals surface area contributed by atoms with E-state index in [0.717, 1.165) is 12.8 Å². The molecule has 24 heavy (non-hydrogen) atoms. The maximum absolute atomic E-state index is 12.0. The Morgan fingerprint density at radius 2 is 1.83 bits per heavy atom. The fraction of sp³-hybridized carbons (Fsp3) is 0.556. The number of carbonyl (C=O) groups excluding carboxylic acids is 2. The summed E-state index contributed by atoms with van der Waals surface area (Å²) in [6, 6.07) is 8.58. The number of aryl methyl sites for hydroxylation is 1. The fourth-order valence-corrected chi connectivity index (χ4v) is 3.35. The second-order valence-corrected chi connectivity index (χ2v) is 6.47. The van der Waals surface area contributed by atoms with E-state index in [1.54, 1.807) is 0 Å². The molecule has 0 radical (unpaired) electrons. The molecule has 1 aromatic rings. The molecule has 0 spiro atoms. The lowest BCUT2D eigenvalue weighted by atomic mass is 9.69. The van der Waals surface area contributed by atoms with Gasteiger partial charge in [-0.05, 0) is 25.3 Å². The van der Waals surface area contributed by atoms with Crippen LogP contribution in [0.5, 0.6) is 0 Å². The quantitative estimate of drug-likeness (QED) is 0.729. The van der Waals surface area contributed by atoms with Crippen molar-refractivity contribution in [1.82, 2.24) is 10.6 Å². The number of rotatable bonds is 6. The molecule has 1 aliphatic rings. The number of amides is 2. The van der Waals surface area contributed by atoms with E-state index in [0.29, 0.717) is 6.54 Å². The van der Waals surface area contributed by atoms with Gasteiger partial charge in [0.05, 0.1) is 13.1 Å². The van der Waals surface area contributed by atoms with Gasteiger partial charge in [-0.1, -0.05) is 49.1 Å². The van der Waals surface area contributed by atoms with Crippen LogP contribution in [0.25, 0.3) is 0 Å². The fourth-order valence-electron chi connectivity index (χ4n) is 3.35. The van der Waals surface area contributed by atoms with Crippen molar-refractivity contribution < 1.29 is 9.59 Å². The average molecular weight is 354 g/mol. The van der Waals surface area contributed by atoms with Gasteiger partial charge in [0.25, 0.3) is 0 Å². The summed E-state index contributed by atoms with van der Waals surface area (Å²) in [7, 11) is 0. The van der Waals surface area contributed by atoms with E-state index in [-0.39, 0.29) is 42.7 Å². The largest absolute Gasteiger partial charge is 0.354 e. The molecule has 0 unspecified atom stereocenters. The molecule has 2 amide bonds. The first-order valence-electron chi connectivity index (χ1n) is 8.36. The number of hydrogen-bond acceptors (Lipinski definition) is 3. The minimum absolute atomic E-state index is 0. The molecule has 0 atom stereocenters.